The van der Waals surface area contributed by atoms with Crippen molar-refractivity contribution in [3.05, 3.63) is 48.0 Å². The van der Waals surface area contributed by atoms with Crippen molar-refractivity contribution in [2.75, 3.05) is 43.1 Å². The van der Waals surface area contributed by atoms with Gasteiger partial charge in [-0.3, -0.25) is 10.1 Å². The molecule has 0 saturated carbocycles. The van der Waals surface area contributed by atoms with Crippen LogP contribution in [0.3, 0.4) is 0 Å². The maximum atomic E-state index is 12.3. The Kier molecular flexibility index (Phi) is 5.97. The molecule has 29 heavy (non-hydrogen) atoms. The number of benzene rings is 2. The van der Waals surface area contributed by atoms with Gasteiger partial charge in [-0.25, -0.2) is 4.98 Å². The predicted molar refractivity (Wildman–Crippen MR) is 117 cm³/mol. The molecule has 0 bridgehead atoms. The zero-order valence-electron chi connectivity index (χ0n) is 16.7. The molecule has 1 saturated heterocycles. The van der Waals surface area contributed by atoms with Crippen molar-refractivity contribution >= 4 is 38.3 Å². The molecule has 4 rings (SSSR count). The summed E-state index contributed by atoms with van der Waals surface area (Å²) in [4.78, 5) is 19.1. The summed E-state index contributed by atoms with van der Waals surface area (Å²) >= 11 is 1.47. The molecule has 0 radical (unpaired) electrons. The molecule has 2 aromatic carbocycles. The third-order valence-electron chi connectivity index (χ3n) is 4.91. The van der Waals surface area contributed by atoms with Gasteiger partial charge in [-0.2, -0.15) is 0 Å². The number of hydrogen-bond donors (Lipinski definition) is 1. The van der Waals surface area contributed by atoms with Crippen molar-refractivity contribution in [3.63, 3.8) is 0 Å². The topological polar surface area (TPSA) is 63.7 Å². The van der Waals surface area contributed by atoms with E-state index in [1.54, 1.807) is 0 Å². The Labute approximate surface area is 174 Å². The van der Waals surface area contributed by atoms with Gasteiger partial charge in [0.15, 0.2) is 11.7 Å². The van der Waals surface area contributed by atoms with Crippen molar-refractivity contribution in [2.24, 2.45) is 0 Å². The molecule has 3 aromatic rings. The van der Waals surface area contributed by atoms with Crippen molar-refractivity contribution in [2.45, 2.75) is 19.8 Å². The first-order valence-corrected chi connectivity index (χ1v) is 10.7. The monoisotopic (exact) mass is 411 g/mol. The number of rotatable bonds is 6. The highest BCUT2D eigenvalue weighted by atomic mass is 32.1. The highest BCUT2D eigenvalue weighted by Gasteiger charge is 2.14. The molecule has 1 N–H and O–H groups in total. The molecular weight excluding hydrogens is 386 g/mol. The van der Waals surface area contributed by atoms with Gasteiger partial charge in [0.05, 0.1) is 23.4 Å². The third-order valence-corrected chi connectivity index (χ3v) is 5.84. The van der Waals surface area contributed by atoms with Gasteiger partial charge in [0.1, 0.15) is 5.75 Å². The summed E-state index contributed by atoms with van der Waals surface area (Å²) in [5, 5.41) is 3.43. The third kappa shape index (κ3) is 4.86. The molecule has 7 heteroatoms. The molecule has 2 heterocycles. The van der Waals surface area contributed by atoms with E-state index < -0.39 is 0 Å². The minimum absolute atomic E-state index is 0.0457. The standard InChI is InChI=1S/C22H25N3O3S/c1-15(2)16-3-6-18(7-4-16)28-14-21(26)24-22-23-19-8-5-17(13-20(19)29-22)25-9-11-27-12-10-25/h3-8,13,15H,9-12,14H2,1-2H3,(H,23,24,26). The lowest BCUT2D eigenvalue weighted by atomic mass is 10.0. The number of aromatic nitrogens is 1. The van der Waals surface area contributed by atoms with Crippen LogP contribution in [0, 0.1) is 0 Å². The summed E-state index contributed by atoms with van der Waals surface area (Å²) in [6, 6.07) is 14.0. The number of hydrogen-bond acceptors (Lipinski definition) is 6. The van der Waals surface area contributed by atoms with Gasteiger partial charge in [-0.05, 0) is 41.8 Å². The number of thiazole rings is 1. The van der Waals surface area contributed by atoms with Crippen LogP contribution in [0.25, 0.3) is 10.2 Å². The lowest BCUT2D eigenvalue weighted by Gasteiger charge is -2.28. The van der Waals surface area contributed by atoms with Gasteiger partial charge >= 0.3 is 0 Å². The summed E-state index contributed by atoms with van der Waals surface area (Å²) in [6.45, 7) is 7.53. The molecule has 6 nitrogen and oxygen atoms in total. The molecule has 0 spiro atoms. The maximum absolute atomic E-state index is 12.3. The van der Waals surface area contributed by atoms with E-state index in [0.29, 0.717) is 16.8 Å². The van der Waals surface area contributed by atoms with E-state index in [9.17, 15) is 4.79 Å². The average Bonchev–Trinajstić information content (AvgIpc) is 3.14. The van der Waals surface area contributed by atoms with Crippen LogP contribution in [0.15, 0.2) is 42.5 Å². The Balaban J connectivity index is 1.36. The molecule has 1 amide bonds. The van der Waals surface area contributed by atoms with E-state index in [4.69, 9.17) is 9.47 Å². The lowest BCUT2D eigenvalue weighted by molar-refractivity contribution is -0.118. The van der Waals surface area contributed by atoms with E-state index in [2.05, 4.69) is 41.2 Å². The quantitative estimate of drug-likeness (QED) is 0.656. The first-order valence-electron chi connectivity index (χ1n) is 9.84. The number of ether oxygens (including phenoxy) is 2. The number of anilines is 2. The first-order chi connectivity index (χ1) is 14.1. The van der Waals surface area contributed by atoms with Crippen LogP contribution >= 0.6 is 11.3 Å². The van der Waals surface area contributed by atoms with Crippen LogP contribution in [-0.2, 0) is 9.53 Å². The second kappa shape index (κ2) is 8.80. The Morgan fingerprint density at radius 1 is 1.21 bits per heavy atom. The number of carbonyl (C=O) groups excluding carboxylic acids is 1. The first kappa shape index (κ1) is 19.7. The Bertz CT molecular complexity index is 979. The molecule has 1 aromatic heterocycles. The van der Waals surface area contributed by atoms with E-state index >= 15 is 0 Å². The van der Waals surface area contributed by atoms with E-state index in [0.717, 1.165) is 42.2 Å². The second-order valence-corrected chi connectivity index (χ2v) is 8.36. The minimum atomic E-state index is -0.217. The highest BCUT2D eigenvalue weighted by Crippen LogP contribution is 2.30. The van der Waals surface area contributed by atoms with Gasteiger partial charge in [0.25, 0.3) is 5.91 Å². The van der Waals surface area contributed by atoms with Gasteiger partial charge in [0, 0.05) is 18.8 Å². The maximum Gasteiger partial charge on any atom is 0.264 e. The fourth-order valence-corrected chi connectivity index (χ4v) is 4.15. The van der Waals surface area contributed by atoms with Crippen LogP contribution in [-0.4, -0.2) is 43.8 Å². The molecule has 0 aliphatic carbocycles. The number of nitrogens with one attached hydrogen (secondary N) is 1. The Morgan fingerprint density at radius 3 is 2.69 bits per heavy atom. The number of carbonyl (C=O) groups is 1. The molecule has 0 unspecified atom stereocenters. The molecule has 0 atom stereocenters. The molecule has 152 valence electrons. The fourth-order valence-electron chi connectivity index (χ4n) is 3.24. The minimum Gasteiger partial charge on any atom is -0.484 e. The van der Waals surface area contributed by atoms with Gasteiger partial charge in [-0.15, -0.1) is 0 Å². The van der Waals surface area contributed by atoms with Crippen molar-refractivity contribution < 1.29 is 14.3 Å². The second-order valence-electron chi connectivity index (χ2n) is 7.33. The Morgan fingerprint density at radius 2 is 1.97 bits per heavy atom. The SMILES string of the molecule is CC(C)c1ccc(OCC(=O)Nc2nc3ccc(N4CCOCC4)cc3s2)cc1. The number of fused-ring (bicyclic) bond motifs is 1. The molecule has 1 aliphatic rings. The van der Waals surface area contributed by atoms with Gasteiger partial charge in [0.2, 0.25) is 0 Å². The zero-order chi connectivity index (χ0) is 20.2. The summed E-state index contributed by atoms with van der Waals surface area (Å²) in [7, 11) is 0. The number of morpholine rings is 1. The van der Waals surface area contributed by atoms with Crippen molar-refractivity contribution in [3.8, 4) is 5.75 Å². The largest absolute Gasteiger partial charge is 0.484 e. The predicted octanol–water partition coefficient (Wildman–Crippen LogP) is 4.27. The van der Waals surface area contributed by atoms with Crippen molar-refractivity contribution in [1.82, 2.24) is 4.98 Å². The van der Waals surface area contributed by atoms with E-state index in [1.807, 2.05) is 30.3 Å². The molecular formula is C22H25N3O3S. The highest BCUT2D eigenvalue weighted by molar-refractivity contribution is 7.22. The smallest absolute Gasteiger partial charge is 0.264 e. The average molecular weight is 412 g/mol. The van der Waals surface area contributed by atoms with Gasteiger partial charge in [-0.1, -0.05) is 37.3 Å². The van der Waals surface area contributed by atoms with E-state index in [1.165, 1.54) is 16.9 Å². The van der Waals surface area contributed by atoms with Crippen LogP contribution < -0.4 is 15.0 Å². The fraction of sp³-hybridized carbons (Fsp3) is 0.364. The number of amides is 1. The van der Waals surface area contributed by atoms with Crippen LogP contribution in [0.2, 0.25) is 0 Å². The molecule has 1 fully saturated rings. The van der Waals surface area contributed by atoms with Gasteiger partial charge < -0.3 is 14.4 Å². The van der Waals surface area contributed by atoms with Crippen LogP contribution in [0.1, 0.15) is 25.3 Å². The normalized spacial score (nSPS) is 14.4. The number of nitrogens with zero attached hydrogens (tertiary/aromatic N) is 2. The van der Waals surface area contributed by atoms with Crippen LogP contribution in [0.4, 0.5) is 10.8 Å². The summed E-state index contributed by atoms with van der Waals surface area (Å²) in [6.07, 6.45) is 0. The zero-order valence-corrected chi connectivity index (χ0v) is 17.5. The summed E-state index contributed by atoms with van der Waals surface area (Å²) in [5.41, 5.74) is 3.29. The molecule has 1 aliphatic heterocycles. The lowest BCUT2D eigenvalue weighted by Crippen LogP contribution is -2.36. The Hall–Kier alpha value is -2.64. The van der Waals surface area contributed by atoms with E-state index in [-0.39, 0.29) is 12.5 Å². The van der Waals surface area contributed by atoms with Crippen LogP contribution in [0.5, 0.6) is 5.75 Å². The summed E-state index contributed by atoms with van der Waals surface area (Å²) < 4.78 is 12.1. The summed E-state index contributed by atoms with van der Waals surface area (Å²) in [5.74, 6) is 0.935. The van der Waals surface area contributed by atoms with Crippen molar-refractivity contribution in [1.29, 1.82) is 0 Å².